The van der Waals surface area contributed by atoms with E-state index in [0.29, 0.717) is 6.10 Å². The Morgan fingerprint density at radius 2 is 1.55 bits per heavy atom. The fourth-order valence-electron chi connectivity index (χ4n) is 4.37. The molecule has 1 heterocycles. The second-order valence-electron chi connectivity index (χ2n) is 7.46. The normalized spacial score (nSPS) is 32.5. The summed E-state index contributed by atoms with van der Waals surface area (Å²) in [5, 5.41) is 0. The first-order chi connectivity index (χ1) is 9.70. The Morgan fingerprint density at radius 3 is 2.25 bits per heavy atom. The van der Waals surface area contributed by atoms with E-state index in [0.717, 1.165) is 26.1 Å². The van der Waals surface area contributed by atoms with E-state index < -0.39 is 0 Å². The first kappa shape index (κ1) is 14.8. The highest BCUT2D eigenvalue weighted by molar-refractivity contribution is 4.92. The van der Waals surface area contributed by atoms with Gasteiger partial charge in [0.15, 0.2) is 0 Å². The Morgan fingerprint density at radius 1 is 0.900 bits per heavy atom. The van der Waals surface area contributed by atoms with Crippen LogP contribution in [0.4, 0.5) is 0 Å². The number of rotatable bonds is 4. The Balaban J connectivity index is 1.39. The second kappa shape index (κ2) is 6.33. The van der Waals surface area contributed by atoms with E-state index in [9.17, 15) is 0 Å². The molecule has 20 heavy (non-hydrogen) atoms. The molecule has 1 unspecified atom stereocenters. The Kier molecular flexibility index (Phi) is 4.68. The van der Waals surface area contributed by atoms with Crippen molar-refractivity contribution in [1.82, 2.24) is 0 Å². The molecule has 3 rings (SSSR count). The maximum atomic E-state index is 6.41. The van der Waals surface area contributed by atoms with Crippen molar-refractivity contribution < 1.29 is 9.47 Å². The lowest BCUT2D eigenvalue weighted by molar-refractivity contribution is -0.0924. The summed E-state index contributed by atoms with van der Waals surface area (Å²) in [6.07, 6.45) is 15.5. The van der Waals surface area contributed by atoms with Crippen molar-refractivity contribution >= 4 is 0 Å². The van der Waals surface area contributed by atoms with Gasteiger partial charge in [-0.1, -0.05) is 38.5 Å². The van der Waals surface area contributed by atoms with Crippen LogP contribution in [0.1, 0.15) is 77.0 Å². The molecule has 2 saturated carbocycles. The summed E-state index contributed by atoms with van der Waals surface area (Å²) >= 11 is 0. The zero-order valence-electron chi connectivity index (χ0n) is 12.9. The van der Waals surface area contributed by atoms with Crippen LogP contribution in [0.3, 0.4) is 0 Å². The molecule has 3 nitrogen and oxygen atoms in total. The molecule has 1 aliphatic heterocycles. The minimum atomic E-state index is -0.0562. The van der Waals surface area contributed by atoms with Crippen LogP contribution in [0, 0.1) is 0 Å². The third kappa shape index (κ3) is 3.55. The van der Waals surface area contributed by atoms with E-state index in [4.69, 9.17) is 15.2 Å². The summed E-state index contributed by atoms with van der Waals surface area (Å²) < 4.78 is 12.3. The highest BCUT2D eigenvalue weighted by atomic mass is 16.6. The van der Waals surface area contributed by atoms with Gasteiger partial charge in [0.2, 0.25) is 0 Å². The number of hydrogen-bond acceptors (Lipinski definition) is 3. The lowest BCUT2D eigenvalue weighted by atomic mass is 9.83. The molecule has 1 atom stereocenters. The van der Waals surface area contributed by atoms with Gasteiger partial charge in [-0.2, -0.15) is 0 Å². The molecule has 0 aromatic heterocycles. The van der Waals surface area contributed by atoms with Crippen molar-refractivity contribution in [3.05, 3.63) is 0 Å². The Bertz CT molecular complexity index is 306. The summed E-state index contributed by atoms with van der Waals surface area (Å²) in [6.45, 7) is 1.47. The van der Waals surface area contributed by atoms with Gasteiger partial charge in [0, 0.05) is 5.54 Å². The van der Waals surface area contributed by atoms with Crippen LogP contribution in [-0.4, -0.2) is 30.5 Å². The van der Waals surface area contributed by atoms with Crippen molar-refractivity contribution in [3.63, 3.8) is 0 Å². The zero-order chi connectivity index (χ0) is 13.9. The molecule has 3 fully saturated rings. The summed E-state index contributed by atoms with van der Waals surface area (Å²) in [6, 6.07) is 0. The predicted octanol–water partition coefficient (Wildman–Crippen LogP) is 3.55. The maximum absolute atomic E-state index is 6.41. The van der Waals surface area contributed by atoms with Gasteiger partial charge in [0.25, 0.3) is 0 Å². The van der Waals surface area contributed by atoms with Gasteiger partial charge in [0.1, 0.15) is 0 Å². The van der Waals surface area contributed by atoms with Crippen LogP contribution in [0.25, 0.3) is 0 Å². The van der Waals surface area contributed by atoms with E-state index in [-0.39, 0.29) is 11.1 Å². The summed E-state index contributed by atoms with van der Waals surface area (Å²) in [5.41, 5.74) is 6.58. The molecular weight excluding hydrogens is 250 g/mol. The lowest BCUT2D eigenvalue weighted by Gasteiger charge is -2.34. The molecule has 1 saturated heterocycles. The first-order valence-electron chi connectivity index (χ1n) is 8.74. The molecule has 0 amide bonds. The van der Waals surface area contributed by atoms with Crippen LogP contribution >= 0.6 is 0 Å². The van der Waals surface area contributed by atoms with E-state index >= 15 is 0 Å². The molecule has 1 spiro atoms. The molecule has 2 N–H and O–H groups in total. The standard InChI is InChI=1S/C17H31NO2/c18-16(8-3-1-4-9-16)14-19-13-15-7-12-17(20-15)10-5-2-6-11-17/h15H,1-14,18H2. The molecule has 116 valence electrons. The van der Waals surface area contributed by atoms with Crippen LogP contribution in [0.2, 0.25) is 0 Å². The predicted molar refractivity (Wildman–Crippen MR) is 80.7 cm³/mol. The molecule has 0 bridgehead atoms. The summed E-state index contributed by atoms with van der Waals surface area (Å²) in [7, 11) is 0. The van der Waals surface area contributed by atoms with Gasteiger partial charge in [-0.25, -0.2) is 0 Å². The molecule has 3 heteroatoms. The monoisotopic (exact) mass is 281 g/mol. The summed E-state index contributed by atoms with van der Waals surface area (Å²) in [5.74, 6) is 0. The fourth-order valence-corrected chi connectivity index (χ4v) is 4.37. The summed E-state index contributed by atoms with van der Waals surface area (Å²) in [4.78, 5) is 0. The highest BCUT2D eigenvalue weighted by Gasteiger charge is 2.41. The van der Waals surface area contributed by atoms with Gasteiger partial charge in [-0.05, 0) is 38.5 Å². The van der Waals surface area contributed by atoms with Gasteiger partial charge in [-0.15, -0.1) is 0 Å². The van der Waals surface area contributed by atoms with Crippen molar-refractivity contribution in [1.29, 1.82) is 0 Å². The number of ether oxygens (including phenoxy) is 2. The van der Waals surface area contributed by atoms with E-state index in [1.54, 1.807) is 0 Å². The van der Waals surface area contributed by atoms with Crippen molar-refractivity contribution in [3.8, 4) is 0 Å². The average molecular weight is 281 g/mol. The average Bonchev–Trinajstić information content (AvgIpc) is 2.83. The Hall–Kier alpha value is -0.120. The molecule has 2 aliphatic carbocycles. The van der Waals surface area contributed by atoms with Gasteiger partial charge < -0.3 is 15.2 Å². The minimum absolute atomic E-state index is 0.0562. The highest BCUT2D eigenvalue weighted by Crippen LogP contribution is 2.42. The molecule has 0 radical (unpaired) electrons. The largest absolute Gasteiger partial charge is 0.377 e. The minimum Gasteiger partial charge on any atom is -0.377 e. The maximum Gasteiger partial charge on any atom is 0.0817 e. The van der Waals surface area contributed by atoms with Crippen molar-refractivity contribution in [2.75, 3.05) is 13.2 Å². The van der Waals surface area contributed by atoms with E-state index in [2.05, 4.69) is 0 Å². The van der Waals surface area contributed by atoms with Gasteiger partial charge in [-0.3, -0.25) is 0 Å². The fraction of sp³-hybridized carbons (Fsp3) is 1.00. The Labute approximate surface area is 123 Å². The number of hydrogen-bond donors (Lipinski definition) is 1. The first-order valence-corrected chi connectivity index (χ1v) is 8.74. The third-order valence-corrected chi connectivity index (χ3v) is 5.65. The molecule has 0 aromatic carbocycles. The third-order valence-electron chi connectivity index (χ3n) is 5.65. The topological polar surface area (TPSA) is 44.5 Å². The lowest BCUT2D eigenvalue weighted by Crippen LogP contribution is -2.46. The van der Waals surface area contributed by atoms with Crippen LogP contribution in [0.5, 0.6) is 0 Å². The number of nitrogens with two attached hydrogens (primary N) is 1. The smallest absolute Gasteiger partial charge is 0.0817 e. The molecule has 0 aromatic rings. The van der Waals surface area contributed by atoms with E-state index in [1.165, 1.54) is 64.2 Å². The quantitative estimate of drug-likeness (QED) is 0.857. The van der Waals surface area contributed by atoms with Crippen LogP contribution in [0.15, 0.2) is 0 Å². The van der Waals surface area contributed by atoms with Gasteiger partial charge >= 0.3 is 0 Å². The van der Waals surface area contributed by atoms with Crippen LogP contribution in [-0.2, 0) is 9.47 Å². The zero-order valence-corrected chi connectivity index (χ0v) is 12.9. The second-order valence-corrected chi connectivity index (χ2v) is 7.46. The van der Waals surface area contributed by atoms with E-state index in [1.807, 2.05) is 0 Å². The molecular formula is C17H31NO2. The van der Waals surface area contributed by atoms with Gasteiger partial charge in [0.05, 0.1) is 24.9 Å². The SMILES string of the molecule is NC1(COCC2CCC3(CCCCC3)O2)CCCCC1. The van der Waals surface area contributed by atoms with Crippen molar-refractivity contribution in [2.24, 2.45) is 5.73 Å². The van der Waals surface area contributed by atoms with Crippen molar-refractivity contribution in [2.45, 2.75) is 94.3 Å². The molecule has 3 aliphatic rings. The van der Waals surface area contributed by atoms with Crippen LogP contribution < -0.4 is 5.73 Å².